The van der Waals surface area contributed by atoms with E-state index in [0.29, 0.717) is 5.56 Å². The molecule has 0 saturated carbocycles. The highest BCUT2D eigenvalue weighted by Crippen LogP contribution is 2.11. The Labute approximate surface area is 103 Å². The highest BCUT2D eigenvalue weighted by atomic mass is 16.5. The lowest BCUT2D eigenvalue weighted by Gasteiger charge is -2.17. The molecule has 0 amide bonds. The average molecular weight is 236 g/mol. The van der Waals surface area contributed by atoms with Crippen LogP contribution in [0.3, 0.4) is 0 Å². The first-order valence-electron chi connectivity index (χ1n) is 5.68. The second-order valence-electron chi connectivity index (χ2n) is 3.99. The van der Waals surface area contributed by atoms with Gasteiger partial charge in [0.15, 0.2) is 0 Å². The number of carbonyl (C=O) groups excluding carboxylic acids is 1. The van der Waals surface area contributed by atoms with Crippen molar-refractivity contribution in [2.24, 2.45) is 0 Å². The summed E-state index contributed by atoms with van der Waals surface area (Å²) in [5, 5.41) is 3.10. The van der Waals surface area contributed by atoms with E-state index in [-0.39, 0.29) is 5.97 Å². The summed E-state index contributed by atoms with van der Waals surface area (Å²) in [5.74, 6) is -0.275. The second-order valence-corrected chi connectivity index (χ2v) is 3.99. The van der Waals surface area contributed by atoms with Crippen LogP contribution in [0.15, 0.2) is 24.3 Å². The van der Waals surface area contributed by atoms with Gasteiger partial charge in [0.2, 0.25) is 0 Å². The Hall–Kier alpha value is -1.39. The van der Waals surface area contributed by atoms with E-state index in [1.165, 1.54) is 7.11 Å². The van der Waals surface area contributed by atoms with Crippen molar-refractivity contribution in [2.45, 2.75) is 6.54 Å². The first-order chi connectivity index (χ1) is 8.19. The van der Waals surface area contributed by atoms with Gasteiger partial charge in [-0.3, -0.25) is 0 Å². The van der Waals surface area contributed by atoms with E-state index in [4.69, 9.17) is 4.74 Å². The molecule has 0 aliphatic rings. The predicted octanol–water partition coefficient (Wildman–Crippen LogP) is 1.12. The molecule has 17 heavy (non-hydrogen) atoms. The van der Waals surface area contributed by atoms with Gasteiger partial charge >= 0.3 is 5.97 Å². The molecule has 1 N–H and O–H groups in total. The fourth-order valence-corrected chi connectivity index (χ4v) is 1.64. The Morgan fingerprint density at radius 2 is 2.12 bits per heavy atom. The summed E-state index contributed by atoms with van der Waals surface area (Å²) in [7, 11) is 5.37. The zero-order chi connectivity index (χ0) is 12.7. The predicted molar refractivity (Wildman–Crippen MR) is 68.0 cm³/mol. The fraction of sp³-hybridized carbons (Fsp3) is 0.462. The SMILES string of the molecule is CNCCN(C)Cc1ccccc1C(=O)OC. The highest BCUT2D eigenvalue weighted by Gasteiger charge is 2.11. The molecule has 1 aromatic carbocycles. The average Bonchev–Trinajstić information content (AvgIpc) is 2.36. The fourth-order valence-electron chi connectivity index (χ4n) is 1.64. The largest absolute Gasteiger partial charge is 0.465 e. The summed E-state index contributed by atoms with van der Waals surface area (Å²) in [6, 6.07) is 7.55. The minimum Gasteiger partial charge on any atom is -0.465 e. The Morgan fingerprint density at radius 3 is 2.76 bits per heavy atom. The molecule has 0 aliphatic heterocycles. The number of methoxy groups -OCH3 is 1. The number of hydrogen-bond acceptors (Lipinski definition) is 4. The molecule has 0 saturated heterocycles. The monoisotopic (exact) mass is 236 g/mol. The molecule has 0 unspecified atom stereocenters. The summed E-state index contributed by atoms with van der Waals surface area (Å²) in [5.41, 5.74) is 1.64. The summed E-state index contributed by atoms with van der Waals surface area (Å²) in [4.78, 5) is 13.7. The number of carbonyl (C=O) groups is 1. The maximum atomic E-state index is 11.6. The topological polar surface area (TPSA) is 41.6 Å². The van der Waals surface area contributed by atoms with Crippen molar-refractivity contribution in [3.8, 4) is 0 Å². The van der Waals surface area contributed by atoms with E-state index in [0.717, 1.165) is 25.2 Å². The van der Waals surface area contributed by atoms with Crippen molar-refractivity contribution in [3.63, 3.8) is 0 Å². The van der Waals surface area contributed by atoms with Crippen molar-refractivity contribution in [3.05, 3.63) is 35.4 Å². The molecule has 94 valence electrons. The van der Waals surface area contributed by atoms with E-state index in [1.54, 1.807) is 6.07 Å². The Balaban J connectivity index is 2.73. The summed E-state index contributed by atoms with van der Waals surface area (Å²) in [6.45, 7) is 2.61. The van der Waals surface area contributed by atoms with Gasteiger partial charge in [-0.2, -0.15) is 0 Å². The van der Waals surface area contributed by atoms with Crippen molar-refractivity contribution in [1.82, 2.24) is 10.2 Å². The maximum Gasteiger partial charge on any atom is 0.338 e. The number of nitrogens with zero attached hydrogens (tertiary/aromatic N) is 1. The van der Waals surface area contributed by atoms with Crippen molar-refractivity contribution in [2.75, 3.05) is 34.3 Å². The molecule has 0 aromatic heterocycles. The first-order valence-corrected chi connectivity index (χ1v) is 5.68. The molecule has 0 fully saturated rings. The van der Waals surface area contributed by atoms with Crippen LogP contribution < -0.4 is 5.32 Å². The second kappa shape index (κ2) is 7.04. The summed E-state index contributed by atoms with van der Waals surface area (Å²) >= 11 is 0. The lowest BCUT2D eigenvalue weighted by Crippen LogP contribution is -2.27. The van der Waals surface area contributed by atoms with Gasteiger partial charge in [-0.1, -0.05) is 18.2 Å². The Kier molecular flexibility index (Phi) is 5.66. The number of nitrogens with one attached hydrogen (secondary N) is 1. The van der Waals surface area contributed by atoms with Gasteiger partial charge in [0.05, 0.1) is 12.7 Å². The molecule has 0 aliphatic carbocycles. The van der Waals surface area contributed by atoms with Crippen LogP contribution in [0, 0.1) is 0 Å². The summed E-state index contributed by atoms with van der Waals surface area (Å²) in [6.07, 6.45) is 0. The quantitative estimate of drug-likeness (QED) is 0.752. The number of likely N-dealkylation sites (N-methyl/N-ethyl adjacent to an activating group) is 2. The number of benzene rings is 1. The van der Waals surface area contributed by atoms with Gasteiger partial charge in [-0.25, -0.2) is 4.79 Å². The smallest absolute Gasteiger partial charge is 0.338 e. The van der Waals surface area contributed by atoms with Crippen LogP contribution in [0.25, 0.3) is 0 Å². The van der Waals surface area contributed by atoms with Crippen LogP contribution in [-0.4, -0.2) is 45.2 Å². The molecule has 0 radical (unpaired) electrons. The third kappa shape index (κ3) is 4.17. The van der Waals surface area contributed by atoms with Crippen LogP contribution >= 0.6 is 0 Å². The standard InChI is InChI=1S/C13H20N2O2/c1-14-8-9-15(2)10-11-6-4-5-7-12(11)13(16)17-3/h4-7,14H,8-10H2,1-3H3. The van der Waals surface area contributed by atoms with Crippen molar-refractivity contribution in [1.29, 1.82) is 0 Å². The number of rotatable bonds is 6. The van der Waals surface area contributed by atoms with Gasteiger partial charge in [0, 0.05) is 19.6 Å². The van der Waals surface area contributed by atoms with E-state index < -0.39 is 0 Å². The molecule has 1 rings (SSSR count). The zero-order valence-electron chi connectivity index (χ0n) is 10.7. The van der Waals surface area contributed by atoms with Crippen LogP contribution in [0.4, 0.5) is 0 Å². The normalized spacial score (nSPS) is 10.6. The zero-order valence-corrected chi connectivity index (χ0v) is 10.7. The minimum absolute atomic E-state index is 0.275. The molecule has 0 atom stereocenters. The molecule has 0 spiro atoms. The van der Waals surface area contributed by atoms with Gasteiger partial charge in [0.1, 0.15) is 0 Å². The number of esters is 1. The molecule has 4 heteroatoms. The van der Waals surface area contributed by atoms with Gasteiger partial charge in [-0.15, -0.1) is 0 Å². The molecule has 0 bridgehead atoms. The molecule has 0 heterocycles. The van der Waals surface area contributed by atoms with Gasteiger partial charge < -0.3 is 15.0 Å². The lowest BCUT2D eigenvalue weighted by molar-refractivity contribution is 0.0598. The third-order valence-corrected chi connectivity index (χ3v) is 2.61. The van der Waals surface area contributed by atoms with Crippen molar-refractivity contribution < 1.29 is 9.53 Å². The van der Waals surface area contributed by atoms with Crippen LogP contribution in [-0.2, 0) is 11.3 Å². The highest BCUT2D eigenvalue weighted by molar-refractivity contribution is 5.90. The number of ether oxygens (including phenoxy) is 1. The van der Waals surface area contributed by atoms with Crippen LogP contribution in [0.5, 0.6) is 0 Å². The van der Waals surface area contributed by atoms with Crippen LogP contribution in [0.2, 0.25) is 0 Å². The third-order valence-electron chi connectivity index (χ3n) is 2.61. The van der Waals surface area contributed by atoms with Crippen LogP contribution in [0.1, 0.15) is 15.9 Å². The van der Waals surface area contributed by atoms with Crippen molar-refractivity contribution >= 4 is 5.97 Å². The first kappa shape index (κ1) is 13.7. The number of hydrogen-bond donors (Lipinski definition) is 1. The Bertz CT molecular complexity index is 366. The Morgan fingerprint density at radius 1 is 1.41 bits per heavy atom. The lowest BCUT2D eigenvalue weighted by atomic mass is 10.1. The summed E-state index contributed by atoms with van der Waals surface area (Å²) < 4.78 is 4.77. The molecular formula is C13H20N2O2. The molecular weight excluding hydrogens is 216 g/mol. The van der Waals surface area contributed by atoms with Gasteiger partial charge in [0.25, 0.3) is 0 Å². The molecule has 1 aromatic rings. The van der Waals surface area contributed by atoms with E-state index >= 15 is 0 Å². The maximum absolute atomic E-state index is 11.6. The van der Waals surface area contributed by atoms with E-state index in [2.05, 4.69) is 10.2 Å². The van der Waals surface area contributed by atoms with E-state index in [9.17, 15) is 4.79 Å². The van der Waals surface area contributed by atoms with Gasteiger partial charge in [-0.05, 0) is 25.7 Å². The van der Waals surface area contributed by atoms with E-state index in [1.807, 2.05) is 32.3 Å². The minimum atomic E-state index is -0.275. The molecule has 4 nitrogen and oxygen atoms in total.